The second kappa shape index (κ2) is 12.4. The Morgan fingerprint density at radius 1 is 1.03 bits per heavy atom. The molecule has 0 saturated heterocycles. The zero-order valence-corrected chi connectivity index (χ0v) is 21.7. The average molecular weight is 541 g/mol. The number of pyridine rings is 1. The molecule has 0 atom stereocenters. The molecule has 3 aromatic heterocycles. The van der Waals surface area contributed by atoms with Crippen LogP contribution in [0.5, 0.6) is 0 Å². The number of tetrazole rings is 1. The van der Waals surface area contributed by atoms with E-state index in [1.807, 2.05) is 24.3 Å². The molecule has 0 fully saturated rings. The molecular weight excluding hydrogens is 517 g/mol. The Morgan fingerprint density at radius 3 is 2.49 bits per heavy atom. The number of hydrogen-bond donors (Lipinski definition) is 2. The minimum absolute atomic E-state index is 0.334. The molecule has 0 radical (unpaired) electrons. The first-order valence-electron chi connectivity index (χ1n) is 11.7. The molecular formula is C29H24ClFN7O+. The Balaban J connectivity index is 0.000000338. The van der Waals surface area contributed by atoms with Crippen LogP contribution in [0.4, 0.5) is 4.39 Å². The molecule has 0 bridgehead atoms. The molecule has 8 nitrogen and oxygen atoms in total. The number of terminal acetylenes is 1. The lowest BCUT2D eigenvalue weighted by Crippen LogP contribution is -2.35. The van der Waals surface area contributed by atoms with Crippen LogP contribution in [-0.4, -0.2) is 35.4 Å². The lowest BCUT2D eigenvalue weighted by atomic mass is 10.0. The van der Waals surface area contributed by atoms with Crippen molar-refractivity contribution in [2.45, 2.75) is 13.3 Å². The number of hydrogen-bond acceptors (Lipinski definition) is 5. The van der Waals surface area contributed by atoms with E-state index >= 15 is 0 Å². The lowest BCUT2D eigenvalue weighted by Gasteiger charge is -2.08. The van der Waals surface area contributed by atoms with Gasteiger partial charge in [-0.25, -0.2) is 9.37 Å². The summed E-state index contributed by atoms with van der Waals surface area (Å²) < 4.78 is 15.9. The van der Waals surface area contributed by atoms with Gasteiger partial charge in [0, 0.05) is 21.4 Å². The van der Waals surface area contributed by atoms with Gasteiger partial charge in [-0.1, -0.05) is 47.5 Å². The highest BCUT2D eigenvalue weighted by atomic mass is 35.5. The van der Waals surface area contributed by atoms with Crippen molar-refractivity contribution in [1.29, 1.82) is 0 Å². The number of aromatic nitrogens is 7. The number of benzene rings is 3. The predicted molar refractivity (Wildman–Crippen MR) is 147 cm³/mol. The molecule has 0 aliphatic heterocycles. The molecule has 6 rings (SSSR count). The van der Waals surface area contributed by atoms with Crippen molar-refractivity contribution in [3.63, 3.8) is 0 Å². The monoisotopic (exact) mass is 540 g/mol. The number of rotatable bonds is 4. The topological polar surface area (TPSA) is 96.4 Å². The molecule has 0 aliphatic rings. The summed E-state index contributed by atoms with van der Waals surface area (Å²) in [7, 11) is 0. The van der Waals surface area contributed by atoms with Crippen LogP contribution >= 0.6 is 11.6 Å². The second-order valence-electron chi connectivity index (χ2n) is 8.35. The van der Waals surface area contributed by atoms with Gasteiger partial charge in [0.05, 0.1) is 28.7 Å². The van der Waals surface area contributed by atoms with Gasteiger partial charge in [-0.2, -0.15) is 4.68 Å². The van der Waals surface area contributed by atoms with Crippen LogP contribution < -0.4 is 4.73 Å². The molecule has 39 heavy (non-hydrogen) atoms. The first kappa shape index (κ1) is 27.0. The fourth-order valence-electron chi connectivity index (χ4n) is 3.85. The standard InChI is InChI=1S/C20H14ClFN7O.C7H8.C2H2/c21-13-2-6-19(28-11-23-26-27-28)16(7-13)12-1-4-15(29(30)10-12)9-20-24-17-5-3-14(22)8-18(17)25-20;1-7-5-3-2-4-6-7;1-2/h1-8,10-11,30H,9H2,(H,24,25);2-6H,1H3;1-2H/q+1;;. The Morgan fingerprint density at radius 2 is 1.82 bits per heavy atom. The highest BCUT2D eigenvalue weighted by molar-refractivity contribution is 6.31. The van der Waals surface area contributed by atoms with Crippen LogP contribution in [0.2, 0.25) is 5.02 Å². The van der Waals surface area contributed by atoms with E-state index in [2.05, 4.69) is 57.4 Å². The summed E-state index contributed by atoms with van der Waals surface area (Å²) in [6.07, 6.45) is 11.4. The molecule has 3 aromatic carbocycles. The first-order chi connectivity index (χ1) is 19.0. The van der Waals surface area contributed by atoms with Gasteiger partial charge in [0.15, 0.2) is 0 Å². The van der Waals surface area contributed by atoms with Gasteiger partial charge < -0.3 is 4.98 Å². The third-order valence-corrected chi connectivity index (χ3v) is 5.89. The lowest BCUT2D eigenvalue weighted by molar-refractivity contribution is -0.909. The summed E-state index contributed by atoms with van der Waals surface area (Å²) in [5, 5.41) is 22.4. The van der Waals surface area contributed by atoms with Crippen LogP contribution in [0.3, 0.4) is 0 Å². The number of nitrogens with one attached hydrogen (secondary N) is 1. The Labute approximate surface area is 229 Å². The van der Waals surface area contributed by atoms with E-state index in [0.717, 1.165) is 21.5 Å². The number of imidazole rings is 1. The van der Waals surface area contributed by atoms with E-state index in [0.29, 0.717) is 34.0 Å². The summed E-state index contributed by atoms with van der Waals surface area (Å²) in [5.41, 5.74) is 5.39. The molecule has 10 heteroatoms. The molecule has 6 aromatic rings. The van der Waals surface area contributed by atoms with Gasteiger partial charge in [-0.3, -0.25) is 5.21 Å². The smallest absolute Gasteiger partial charge is 0.241 e. The van der Waals surface area contributed by atoms with Gasteiger partial charge in [0.2, 0.25) is 11.9 Å². The van der Waals surface area contributed by atoms with Crippen molar-refractivity contribution in [3.05, 3.63) is 119 Å². The minimum Gasteiger partial charge on any atom is -0.341 e. The summed E-state index contributed by atoms with van der Waals surface area (Å²) in [5.74, 6) is 0.280. The van der Waals surface area contributed by atoms with E-state index in [1.54, 1.807) is 36.5 Å². The summed E-state index contributed by atoms with van der Waals surface area (Å²) >= 11 is 6.19. The maximum Gasteiger partial charge on any atom is 0.241 e. The van der Waals surface area contributed by atoms with Crippen LogP contribution in [0.15, 0.2) is 91.4 Å². The Bertz CT molecular complexity index is 1700. The van der Waals surface area contributed by atoms with Crippen LogP contribution in [0, 0.1) is 25.6 Å². The average Bonchev–Trinajstić information content (AvgIpc) is 3.62. The number of fused-ring (bicyclic) bond motifs is 1. The maximum atomic E-state index is 13.4. The predicted octanol–water partition coefficient (Wildman–Crippen LogP) is 5.36. The van der Waals surface area contributed by atoms with Crippen molar-refractivity contribution in [1.82, 2.24) is 30.2 Å². The summed E-state index contributed by atoms with van der Waals surface area (Å²) in [4.78, 5) is 7.52. The van der Waals surface area contributed by atoms with Gasteiger partial charge in [0.25, 0.3) is 0 Å². The van der Waals surface area contributed by atoms with Crippen molar-refractivity contribution < 1.29 is 14.3 Å². The van der Waals surface area contributed by atoms with E-state index in [-0.39, 0.29) is 5.82 Å². The second-order valence-corrected chi connectivity index (χ2v) is 8.78. The van der Waals surface area contributed by atoms with E-state index in [4.69, 9.17) is 11.6 Å². The van der Waals surface area contributed by atoms with E-state index in [9.17, 15) is 9.60 Å². The molecule has 0 spiro atoms. The van der Waals surface area contributed by atoms with Gasteiger partial charge >= 0.3 is 0 Å². The van der Waals surface area contributed by atoms with Gasteiger partial charge in [-0.05, 0) is 59.8 Å². The fraction of sp³-hybridized carbons (Fsp3) is 0.0690. The molecule has 0 aliphatic carbocycles. The van der Waals surface area contributed by atoms with Crippen LogP contribution in [0.25, 0.3) is 27.8 Å². The Hall–Kier alpha value is -5.07. The summed E-state index contributed by atoms with van der Waals surface area (Å²) in [6, 6.07) is 23.6. The van der Waals surface area contributed by atoms with Crippen molar-refractivity contribution in [2.24, 2.45) is 0 Å². The van der Waals surface area contributed by atoms with E-state index < -0.39 is 0 Å². The van der Waals surface area contributed by atoms with Crippen LogP contribution in [-0.2, 0) is 6.42 Å². The Kier molecular flexibility index (Phi) is 8.61. The molecule has 0 unspecified atom stereocenters. The number of aromatic amines is 1. The molecule has 3 heterocycles. The molecule has 2 N–H and O–H groups in total. The normalized spacial score (nSPS) is 10.3. The quantitative estimate of drug-likeness (QED) is 0.178. The first-order valence-corrected chi connectivity index (χ1v) is 12.1. The number of aryl methyl sites for hydroxylation is 1. The van der Waals surface area contributed by atoms with Crippen LogP contribution in [0.1, 0.15) is 17.1 Å². The van der Waals surface area contributed by atoms with Gasteiger partial charge in [0.1, 0.15) is 18.0 Å². The van der Waals surface area contributed by atoms with Gasteiger partial charge in [-0.15, -0.1) is 17.9 Å². The van der Waals surface area contributed by atoms with Crippen molar-refractivity contribution >= 4 is 22.6 Å². The van der Waals surface area contributed by atoms with E-state index in [1.165, 1.54) is 28.7 Å². The third-order valence-electron chi connectivity index (χ3n) is 5.66. The number of halogens is 2. The highest BCUT2D eigenvalue weighted by Gasteiger charge is 2.18. The van der Waals surface area contributed by atoms with Crippen molar-refractivity contribution in [2.75, 3.05) is 0 Å². The SMILES string of the molecule is C#C.Cc1ccccc1.O[n+]1cc(-c2cc(Cl)ccc2-n2cnnn2)ccc1Cc1nc2ccc(F)cc2[nH]1. The molecule has 0 amide bonds. The maximum absolute atomic E-state index is 13.4. The number of H-pyrrole nitrogens is 1. The zero-order chi connectivity index (χ0) is 27.8. The molecule has 194 valence electrons. The highest BCUT2D eigenvalue weighted by Crippen LogP contribution is 2.28. The zero-order valence-electron chi connectivity index (χ0n) is 20.9. The fourth-order valence-corrected chi connectivity index (χ4v) is 4.03. The van der Waals surface area contributed by atoms with Crippen molar-refractivity contribution in [3.8, 4) is 29.7 Å². The summed E-state index contributed by atoms with van der Waals surface area (Å²) in [6.45, 7) is 2.08. The third kappa shape index (κ3) is 6.63. The number of nitrogens with zero attached hydrogens (tertiary/aromatic N) is 6. The molecule has 0 saturated carbocycles. The minimum atomic E-state index is -0.334. The largest absolute Gasteiger partial charge is 0.341 e.